The van der Waals surface area contributed by atoms with Crippen LogP contribution in [0.15, 0.2) is 18.2 Å². The van der Waals surface area contributed by atoms with Gasteiger partial charge in [-0.2, -0.15) is 4.79 Å². The van der Waals surface area contributed by atoms with Crippen LogP contribution in [0.1, 0.15) is 22.3 Å². The monoisotopic (exact) mass is 227 g/mol. The van der Waals surface area contributed by atoms with Gasteiger partial charge in [-0.25, -0.2) is 0 Å². The lowest BCUT2D eigenvalue weighted by molar-refractivity contribution is -0.116. The molecular formula is C12H9N3O2. The first-order valence-electron chi connectivity index (χ1n) is 5.44. The molecule has 17 heavy (non-hydrogen) atoms. The number of hydrogen-bond acceptors (Lipinski definition) is 2. The lowest BCUT2D eigenvalue weighted by atomic mass is 9.90. The van der Waals surface area contributed by atoms with Crippen molar-refractivity contribution in [1.82, 2.24) is 0 Å². The maximum Gasteiger partial charge on any atom is 0.427 e. The Hall–Kier alpha value is -2.26. The first kappa shape index (κ1) is 9.93. The number of rotatable bonds is 0. The van der Waals surface area contributed by atoms with E-state index in [2.05, 4.69) is 4.79 Å². The molecule has 0 N–H and O–H groups in total. The molecule has 0 aliphatic carbocycles. The van der Waals surface area contributed by atoms with E-state index in [0.717, 1.165) is 18.4 Å². The van der Waals surface area contributed by atoms with Crippen LogP contribution in [-0.4, -0.2) is 28.7 Å². The summed E-state index contributed by atoms with van der Waals surface area (Å²) in [6.45, 7) is 0.565. The molecule has 0 saturated heterocycles. The molecule has 0 radical (unpaired) electrons. The predicted molar refractivity (Wildman–Crippen MR) is 60.1 cm³/mol. The van der Waals surface area contributed by atoms with E-state index in [1.165, 1.54) is 4.90 Å². The van der Waals surface area contributed by atoms with Crippen LogP contribution in [0.3, 0.4) is 0 Å². The second-order valence-electron chi connectivity index (χ2n) is 4.15. The summed E-state index contributed by atoms with van der Waals surface area (Å²) in [6.07, 6.45) is 1.72. The highest BCUT2D eigenvalue weighted by atomic mass is 16.2. The molecule has 0 unspecified atom stereocenters. The van der Waals surface area contributed by atoms with Crippen molar-refractivity contribution in [2.24, 2.45) is 0 Å². The van der Waals surface area contributed by atoms with Gasteiger partial charge >= 0.3 is 11.6 Å². The number of carbonyl (C=O) groups is 2. The van der Waals surface area contributed by atoms with Crippen molar-refractivity contribution >= 4 is 23.1 Å². The number of para-hydroxylation sites is 1. The van der Waals surface area contributed by atoms with Crippen molar-refractivity contribution in [3.63, 3.8) is 0 Å². The standard InChI is InChI=1S/C12H9N3O2/c13-14-9-11(16)8-5-1-3-7-4-2-6-15(10(7)8)12(9)17/h1,3,5H,2,4,6H2. The number of benzene rings is 1. The Morgan fingerprint density at radius 3 is 2.88 bits per heavy atom. The molecule has 84 valence electrons. The third-order valence-corrected chi connectivity index (χ3v) is 3.22. The molecule has 0 atom stereocenters. The van der Waals surface area contributed by atoms with Crippen LogP contribution in [0.5, 0.6) is 0 Å². The van der Waals surface area contributed by atoms with Gasteiger partial charge in [-0.3, -0.25) is 9.59 Å². The molecule has 5 heteroatoms. The number of aryl methyl sites for hydroxylation is 1. The van der Waals surface area contributed by atoms with Crippen LogP contribution in [0.4, 0.5) is 5.69 Å². The maximum atomic E-state index is 12.0. The van der Waals surface area contributed by atoms with Gasteiger partial charge in [0.2, 0.25) is 0 Å². The van der Waals surface area contributed by atoms with E-state index in [0.29, 0.717) is 17.8 Å². The molecule has 0 fully saturated rings. The van der Waals surface area contributed by atoms with Gasteiger partial charge in [0.25, 0.3) is 5.78 Å². The minimum Gasteiger partial charge on any atom is -0.360 e. The molecule has 1 aromatic carbocycles. The molecule has 0 bridgehead atoms. The van der Waals surface area contributed by atoms with Gasteiger partial charge in [0.1, 0.15) is 0 Å². The number of amides is 1. The molecule has 2 aliphatic rings. The topological polar surface area (TPSA) is 73.8 Å². The Kier molecular flexibility index (Phi) is 1.97. The van der Waals surface area contributed by atoms with Crippen molar-refractivity contribution in [1.29, 1.82) is 0 Å². The van der Waals surface area contributed by atoms with Crippen LogP contribution >= 0.6 is 0 Å². The number of hydrogen-bond donors (Lipinski definition) is 0. The summed E-state index contributed by atoms with van der Waals surface area (Å²) >= 11 is 0. The number of Topliss-reactive ketones (excluding diaryl/α,β-unsaturated/α-hetero) is 1. The molecule has 0 saturated carbocycles. The van der Waals surface area contributed by atoms with Gasteiger partial charge < -0.3 is 10.4 Å². The third kappa shape index (κ3) is 1.20. The van der Waals surface area contributed by atoms with Crippen molar-refractivity contribution in [3.8, 4) is 0 Å². The van der Waals surface area contributed by atoms with E-state index in [1.807, 2.05) is 6.07 Å². The molecule has 1 aromatic rings. The van der Waals surface area contributed by atoms with Crippen LogP contribution in [-0.2, 0) is 11.2 Å². The van der Waals surface area contributed by atoms with E-state index in [4.69, 9.17) is 5.53 Å². The second kappa shape index (κ2) is 3.37. The second-order valence-corrected chi connectivity index (χ2v) is 4.15. The van der Waals surface area contributed by atoms with Gasteiger partial charge in [0.05, 0.1) is 11.3 Å². The molecule has 0 aromatic heterocycles. The highest BCUT2D eigenvalue weighted by Crippen LogP contribution is 2.34. The average molecular weight is 227 g/mol. The van der Waals surface area contributed by atoms with Crippen molar-refractivity contribution < 1.29 is 14.4 Å². The third-order valence-electron chi connectivity index (χ3n) is 3.22. The number of nitrogens with zero attached hydrogens (tertiary/aromatic N) is 3. The molecule has 2 aliphatic heterocycles. The number of anilines is 1. The van der Waals surface area contributed by atoms with E-state index < -0.39 is 17.4 Å². The quantitative estimate of drug-likeness (QED) is 0.486. The van der Waals surface area contributed by atoms with Crippen LogP contribution in [0.2, 0.25) is 0 Å². The fourth-order valence-electron chi connectivity index (χ4n) is 2.48. The van der Waals surface area contributed by atoms with Crippen molar-refractivity contribution in [2.45, 2.75) is 12.8 Å². The number of carbonyl (C=O) groups excluding carboxylic acids is 2. The van der Waals surface area contributed by atoms with Gasteiger partial charge in [-0.15, -0.1) is 0 Å². The molecule has 2 heterocycles. The zero-order valence-corrected chi connectivity index (χ0v) is 9.01. The summed E-state index contributed by atoms with van der Waals surface area (Å²) in [5.41, 5.74) is 10.5. The fraction of sp³-hybridized carbons (Fsp3) is 0.250. The largest absolute Gasteiger partial charge is 0.427 e. The summed E-state index contributed by atoms with van der Waals surface area (Å²) in [5, 5.41) is 0. The molecule has 1 amide bonds. The van der Waals surface area contributed by atoms with Gasteiger partial charge in [0.15, 0.2) is 0 Å². The van der Waals surface area contributed by atoms with E-state index in [1.54, 1.807) is 12.1 Å². The van der Waals surface area contributed by atoms with E-state index >= 15 is 0 Å². The highest BCUT2D eigenvalue weighted by Gasteiger charge is 2.44. The van der Waals surface area contributed by atoms with Crippen LogP contribution < -0.4 is 4.90 Å². The average Bonchev–Trinajstić information content (AvgIpc) is 2.36. The Bertz CT molecular complexity index is 600. The Balaban J connectivity index is 2.34. The SMILES string of the molecule is [N-]=[N+]=C1C(=O)c2cccc3c2N(CCC3)C1=O. The summed E-state index contributed by atoms with van der Waals surface area (Å²) in [4.78, 5) is 28.3. The van der Waals surface area contributed by atoms with E-state index in [9.17, 15) is 9.59 Å². The Morgan fingerprint density at radius 1 is 1.29 bits per heavy atom. The van der Waals surface area contributed by atoms with Crippen LogP contribution in [0, 0.1) is 0 Å². The van der Waals surface area contributed by atoms with Crippen molar-refractivity contribution in [2.75, 3.05) is 11.4 Å². The van der Waals surface area contributed by atoms with E-state index in [-0.39, 0.29) is 0 Å². The molecule has 0 spiro atoms. The predicted octanol–water partition coefficient (Wildman–Crippen LogP) is 0.833. The lowest BCUT2D eigenvalue weighted by Gasteiger charge is -2.32. The normalized spacial score (nSPS) is 17.9. The summed E-state index contributed by atoms with van der Waals surface area (Å²) in [5.74, 6) is -0.996. The van der Waals surface area contributed by atoms with Gasteiger partial charge in [0, 0.05) is 6.54 Å². The first-order valence-corrected chi connectivity index (χ1v) is 5.44. The Labute approximate surface area is 97.3 Å². The van der Waals surface area contributed by atoms with Crippen molar-refractivity contribution in [3.05, 3.63) is 34.9 Å². The smallest absolute Gasteiger partial charge is 0.360 e. The minimum absolute atomic E-state index is 0.392. The highest BCUT2D eigenvalue weighted by molar-refractivity contribution is 6.71. The number of ketones is 1. The zero-order chi connectivity index (χ0) is 12.0. The molecular weight excluding hydrogens is 218 g/mol. The fourth-order valence-corrected chi connectivity index (χ4v) is 2.48. The summed E-state index contributed by atoms with van der Waals surface area (Å²) in [6, 6.07) is 5.38. The Morgan fingerprint density at radius 2 is 2.12 bits per heavy atom. The van der Waals surface area contributed by atoms with Crippen LogP contribution in [0.25, 0.3) is 5.53 Å². The van der Waals surface area contributed by atoms with Gasteiger partial charge in [-0.1, -0.05) is 12.1 Å². The lowest BCUT2D eigenvalue weighted by Crippen LogP contribution is -2.48. The zero-order valence-electron chi connectivity index (χ0n) is 9.01. The van der Waals surface area contributed by atoms with Gasteiger partial charge in [-0.05, 0) is 24.5 Å². The summed E-state index contributed by atoms with van der Waals surface area (Å²) < 4.78 is 0. The minimum atomic E-state index is -0.503. The maximum absolute atomic E-state index is 12.0. The first-order chi connectivity index (χ1) is 8.24. The summed E-state index contributed by atoms with van der Waals surface area (Å²) in [7, 11) is 0. The molecule has 3 rings (SSSR count). The molecule has 5 nitrogen and oxygen atoms in total.